The van der Waals surface area contributed by atoms with Gasteiger partial charge in [-0.1, -0.05) is 12.1 Å². The fourth-order valence-electron chi connectivity index (χ4n) is 1.89. The number of amides is 1. The standard InChI is InChI=1S/C12H14FNO/c1-14-11(15)12(6-7-12)8-9-2-4-10(13)5-3-9/h2-5H,6-8H2,1H3,(H,14,15). The largest absolute Gasteiger partial charge is 0.359 e. The van der Waals surface area contributed by atoms with Crippen molar-refractivity contribution >= 4 is 5.91 Å². The second kappa shape index (κ2) is 3.65. The molecule has 1 amide bonds. The average molecular weight is 207 g/mol. The lowest BCUT2D eigenvalue weighted by Crippen LogP contribution is -2.30. The first-order chi connectivity index (χ1) is 7.16. The molecule has 0 aromatic heterocycles. The van der Waals surface area contributed by atoms with E-state index < -0.39 is 0 Å². The summed E-state index contributed by atoms with van der Waals surface area (Å²) in [5.41, 5.74) is 0.810. The Balaban J connectivity index is 2.09. The van der Waals surface area contributed by atoms with Crippen LogP contribution in [0.3, 0.4) is 0 Å². The number of carbonyl (C=O) groups is 1. The summed E-state index contributed by atoms with van der Waals surface area (Å²) in [5, 5.41) is 2.69. The van der Waals surface area contributed by atoms with Crippen LogP contribution in [-0.4, -0.2) is 13.0 Å². The van der Waals surface area contributed by atoms with E-state index in [4.69, 9.17) is 0 Å². The lowest BCUT2D eigenvalue weighted by atomic mass is 9.95. The minimum atomic E-state index is -0.233. The van der Waals surface area contributed by atoms with Crippen molar-refractivity contribution in [2.45, 2.75) is 19.3 Å². The van der Waals surface area contributed by atoms with Crippen LogP contribution in [0.5, 0.6) is 0 Å². The number of hydrogen-bond acceptors (Lipinski definition) is 1. The maximum Gasteiger partial charge on any atom is 0.226 e. The van der Waals surface area contributed by atoms with Crippen LogP contribution in [-0.2, 0) is 11.2 Å². The SMILES string of the molecule is CNC(=O)C1(Cc2ccc(F)cc2)CC1. The summed E-state index contributed by atoms with van der Waals surface area (Å²) in [5.74, 6) is -0.129. The number of carbonyl (C=O) groups excluding carboxylic acids is 1. The maximum absolute atomic E-state index is 12.7. The van der Waals surface area contributed by atoms with E-state index in [0.29, 0.717) is 6.42 Å². The third-order valence-corrected chi connectivity index (χ3v) is 3.02. The van der Waals surface area contributed by atoms with E-state index >= 15 is 0 Å². The van der Waals surface area contributed by atoms with Crippen molar-refractivity contribution in [3.63, 3.8) is 0 Å². The molecule has 0 heterocycles. The molecular formula is C12H14FNO. The molecule has 0 bridgehead atoms. The molecule has 2 rings (SSSR count). The van der Waals surface area contributed by atoms with Gasteiger partial charge < -0.3 is 5.32 Å². The highest BCUT2D eigenvalue weighted by atomic mass is 19.1. The Morgan fingerprint density at radius 1 is 1.40 bits per heavy atom. The van der Waals surface area contributed by atoms with Crippen LogP contribution in [0.15, 0.2) is 24.3 Å². The molecular weight excluding hydrogens is 193 g/mol. The molecule has 0 saturated heterocycles. The van der Waals surface area contributed by atoms with Gasteiger partial charge in [-0.25, -0.2) is 4.39 Å². The van der Waals surface area contributed by atoms with Crippen molar-refractivity contribution in [2.24, 2.45) is 5.41 Å². The molecule has 0 aliphatic heterocycles. The van der Waals surface area contributed by atoms with Crippen molar-refractivity contribution in [2.75, 3.05) is 7.05 Å². The fraction of sp³-hybridized carbons (Fsp3) is 0.417. The first-order valence-electron chi connectivity index (χ1n) is 5.13. The van der Waals surface area contributed by atoms with Crippen LogP contribution >= 0.6 is 0 Å². The predicted octanol–water partition coefficient (Wildman–Crippen LogP) is 1.89. The average Bonchev–Trinajstić information content (AvgIpc) is 3.01. The Bertz CT molecular complexity index is 368. The van der Waals surface area contributed by atoms with Gasteiger partial charge in [-0.3, -0.25) is 4.79 Å². The minimum absolute atomic E-state index is 0.104. The van der Waals surface area contributed by atoms with Gasteiger partial charge in [0.1, 0.15) is 5.82 Å². The molecule has 15 heavy (non-hydrogen) atoms. The Kier molecular flexibility index (Phi) is 2.47. The van der Waals surface area contributed by atoms with Crippen LogP contribution in [0.25, 0.3) is 0 Å². The zero-order chi connectivity index (χ0) is 10.9. The van der Waals surface area contributed by atoms with E-state index in [1.54, 1.807) is 19.2 Å². The molecule has 0 unspecified atom stereocenters. The normalized spacial score (nSPS) is 17.2. The molecule has 3 heteroatoms. The third-order valence-electron chi connectivity index (χ3n) is 3.02. The summed E-state index contributed by atoms with van der Waals surface area (Å²) in [6.07, 6.45) is 2.58. The first kappa shape index (κ1) is 10.1. The quantitative estimate of drug-likeness (QED) is 0.805. The molecule has 80 valence electrons. The van der Waals surface area contributed by atoms with Crippen LogP contribution in [0.4, 0.5) is 4.39 Å². The highest BCUT2D eigenvalue weighted by Gasteiger charge is 2.48. The van der Waals surface area contributed by atoms with Crippen LogP contribution in [0.1, 0.15) is 18.4 Å². The van der Waals surface area contributed by atoms with Gasteiger partial charge in [0.05, 0.1) is 5.41 Å². The number of benzene rings is 1. The maximum atomic E-state index is 12.7. The van der Waals surface area contributed by atoms with E-state index in [1.807, 2.05) is 0 Å². The highest BCUT2D eigenvalue weighted by Crippen LogP contribution is 2.48. The molecule has 1 aromatic rings. The van der Waals surface area contributed by atoms with E-state index in [2.05, 4.69) is 5.32 Å². The number of hydrogen-bond donors (Lipinski definition) is 1. The van der Waals surface area contributed by atoms with Gasteiger partial charge in [-0.15, -0.1) is 0 Å². The number of halogens is 1. The third kappa shape index (κ3) is 2.01. The van der Waals surface area contributed by atoms with Crippen LogP contribution in [0, 0.1) is 11.2 Å². The van der Waals surface area contributed by atoms with Gasteiger partial charge >= 0.3 is 0 Å². The monoisotopic (exact) mass is 207 g/mol. The molecule has 1 N–H and O–H groups in total. The topological polar surface area (TPSA) is 29.1 Å². The Morgan fingerprint density at radius 2 is 2.00 bits per heavy atom. The van der Waals surface area contributed by atoms with E-state index in [0.717, 1.165) is 18.4 Å². The van der Waals surface area contributed by atoms with E-state index in [9.17, 15) is 9.18 Å². The lowest BCUT2D eigenvalue weighted by molar-refractivity contribution is -0.125. The molecule has 1 aliphatic carbocycles. The summed E-state index contributed by atoms with van der Waals surface area (Å²) in [4.78, 5) is 11.6. The second-order valence-corrected chi connectivity index (χ2v) is 4.16. The highest BCUT2D eigenvalue weighted by molar-refractivity contribution is 5.85. The van der Waals surface area contributed by atoms with E-state index in [-0.39, 0.29) is 17.1 Å². The Labute approximate surface area is 88.5 Å². The zero-order valence-electron chi connectivity index (χ0n) is 8.72. The van der Waals surface area contributed by atoms with E-state index in [1.165, 1.54) is 12.1 Å². The smallest absolute Gasteiger partial charge is 0.226 e. The van der Waals surface area contributed by atoms with Gasteiger partial charge in [0, 0.05) is 7.05 Å². The fourth-order valence-corrected chi connectivity index (χ4v) is 1.89. The molecule has 1 fully saturated rings. The van der Waals surface area contributed by atoms with Crippen LogP contribution in [0.2, 0.25) is 0 Å². The Hall–Kier alpha value is -1.38. The van der Waals surface area contributed by atoms with Gasteiger partial charge in [0.15, 0.2) is 0 Å². The summed E-state index contributed by atoms with van der Waals surface area (Å²) in [7, 11) is 1.66. The molecule has 0 atom stereocenters. The second-order valence-electron chi connectivity index (χ2n) is 4.16. The lowest BCUT2D eigenvalue weighted by Gasteiger charge is -2.12. The molecule has 1 aliphatic rings. The zero-order valence-corrected chi connectivity index (χ0v) is 8.72. The minimum Gasteiger partial charge on any atom is -0.359 e. The molecule has 2 nitrogen and oxygen atoms in total. The van der Waals surface area contributed by atoms with Crippen LogP contribution < -0.4 is 5.32 Å². The van der Waals surface area contributed by atoms with Gasteiger partial charge in [0.25, 0.3) is 0 Å². The molecule has 1 saturated carbocycles. The predicted molar refractivity (Wildman–Crippen MR) is 55.8 cm³/mol. The first-order valence-corrected chi connectivity index (χ1v) is 5.13. The van der Waals surface area contributed by atoms with Gasteiger partial charge in [-0.2, -0.15) is 0 Å². The molecule has 0 spiro atoms. The van der Waals surface area contributed by atoms with Crippen molar-refractivity contribution in [1.29, 1.82) is 0 Å². The van der Waals surface area contributed by atoms with Gasteiger partial charge in [-0.05, 0) is 37.0 Å². The molecule has 1 aromatic carbocycles. The summed E-state index contributed by atoms with van der Waals surface area (Å²) in [6.45, 7) is 0. The van der Waals surface area contributed by atoms with Crippen molar-refractivity contribution in [1.82, 2.24) is 5.32 Å². The molecule has 0 radical (unpaired) electrons. The number of nitrogens with one attached hydrogen (secondary N) is 1. The summed E-state index contributed by atoms with van der Waals surface area (Å²) >= 11 is 0. The van der Waals surface area contributed by atoms with Crippen molar-refractivity contribution in [3.05, 3.63) is 35.6 Å². The number of rotatable bonds is 3. The Morgan fingerprint density at radius 3 is 2.47 bits per heavy atom. The van der Waals surface area contributed by atoms with Gasteiger partial charge in [0.2, 0.25) is 5.91 Å². The summed E-state index contributed by atoms with van der Waals surface area (Å²) in [6, 6.07) is 6.38. The van der Waals surface area contributed by atoms with Crippen molar-refractivity contribution < 1.29 is 9.18 Å². The summed E-state index contributed by atoms with van der Waals surface area (Å²) < 4.78 is 12.7. The van der Waals surface area contributed by atoms with Crippen molar-refractivity contribution in [3.8, 4) is 0 Å².